The van der Waals surface area contributed by atoms with Gasteiger partial charge in [0, 0.05) is 5.41 Å². The van der Waals surface area contributed by atoms with Crippen molar-refractivity contribution < 1.29 is 5.11 Å². The van der Waals surface area contributed by atoms with Crippen LogP contribution in [0.4, 0.5) is 0 Å². The Kier molecular flexibility index (Phi) is 3.36. The molecule has 1 unspecified atom stereocenters. The van der Waals surface area contributed by atoms with Crippen molar-refractivity contribution in [2.24, 2.45) is 34.5 Å². The molecule has 1 heteroatoms. The summed E-state index contributed by atoms with van der Waals surface area (Å²) in [4.78, 5) is 0. The molecule has 0 amide bonds. The van der Waals surface area contributed by atoms with Crippen LogP contribution in [0.2, 0.25) is 0 Å². The summed E-state index contributed by atoms with van der Waals surface area (Å²) < 4.78 is 0. The second-order valence-electron chi connectivity index (χ2n) is 9.53. The molecule has 0 aliphatic heterocycles. The first-order chi connectivity index (χ1) is 10.4. The largest absolute Gasteiger partial charge is 0.385 e. The van der Waals surface area contributed by atoms with E-state index >= 15 is 0 Å². The second-order valence-corrected chi connectivity index (χ2v) is 9.53. The van der Waals surface area contributed by atoms with Gasteiger partial charge in [-0.25, -0.2) is 0 Å². The van der Waals surface area contributed by atoms with Gasteiger partial charge < -0.3 is 5.11 Å². The number of rotatable bonds is 1. The van der Waals surface area contributed by atoms with Crippen LogP contribution in [0, 0.1) is 34.5 Å². The topological polar surface area (TPSA) is 20.2 Å². The van der Waals surface area contributed by atoms with Crippen LogP contribution in [0.25, 0.3) is 0 Å². The lowest BCUT2D eigenvalue weighted by Gasteiger charge is -2.61. The minimum atomic E-state index is -0.604. The van der Waals surface area contributed by atoms with Gasteiger partial charge in [0.25, 0.3) is 0 Å². The fraction of sp³-hybridized carbons (Fsp3) is 0.905. The average molecular weight is 303 g/mol. The Hall–Kier alpha value is -0.300. The van der Waals surface area contributed by atoms with E-state index in [1.165, 1.54) is 57.8 Å². The van der Waals surface area contributed by atoms with E-state index in [0.717, 1.165) is 30.1 Å². The van der Waals surface area contributed by atoms with Gasteiger partial charge in [0.2, 0.25) is 0 Å². The number of fused-ring (bicyclic) bond motifs is 5. The maximum atomic E-state index is 11.1. The summed E-state index contributed by atoms with van der Waals surface area (Å²) in [6.07, 6.45) is 15.4. The third kappa shape index (κ3) is 1.75. The molecule has 0 aromatic carbocycles. The maximum absolute atomic E-state index is 11.1. The molecule has 0 aromatic heterocycles. The molecule has 124 valence electrons. The fourth-order valence-electron chi connectivity index (χ4n) is 7.68. The number of aliphatic hydroxyl groups is 1. The molecule has 4 aliphatic carbocycles. The Balaban J connectivity index is 1.66. The lowest BCUT2D eigenvalue weighted by atomic mass is 9.44. The normalized spacial score (nSPS) is 57.6. The van der Waals surface area contributed by atoms with Gasteiger partial charge in [-0.1, -0.05) is 32.8 Å². The van der Waals surface area contributed by atoms with Crippen LogP contribution in [-0.4, -0.2) is 10.7 Å². The van der Waals surface area contributed by atoms with E-state index in [-0.39, 0.29) is 5.41 Å². The zero-order chi connectivity index (χ0) is 15.6. The Labute approximate surface area is 136 Å². The lowest BCUT2D eigenvalue weighted by molar-refractivity contribution is -0.137. The van der Waals surface area contributed by atoms with Crippen LogP contribution in [0.15, 0.2) is 12.7 Å². The highest BCUT2D eigenvalue weighted by molar-refractivity contribution is 5.18. The molecule has 0 bridgehead atoms. The highest BCUT2D eigenvalue weighted by atomic mass is 16.3. The van der Waals surface area contributed by atoms with Gasteiger partial charge >= 0.3 is 0 Å². The lowest BCUT2D eigenvalue weighted by Crippen LogP contribution is -2.55. The molecule has 0 radical (unpaired) electrons. The highest BCUT2D eigenvalue weighted by Gasteiger charge is 2.63. The third-order valence-electron chi connectivity index (χ3n) is 9.14. The summed E-state index contributed by atoms with van der Waals surface area (Å²) in [6.45, 7) is 8.99. The maximum Gasteiger partial charge on any atom is 0.0881 e. The Morgan fingerprint density at radius 1 is 0.909 bits per heavy atom. The molecule has 4 saturated carbocycles. The SMILES string of the molecule is C=C[C@@]1(O)CC[C@H]2[C@@H]3CCC4CCCC[C@]4(C)[C@H]3CC[C@@]21C. The first-order valence-corrected chi connectivity index (χ1v) is 9.81. The molecular formula is C21H34O. The van der Waals surface area contributed by atoms with Crippen molar-refractivity contribution in [2.75, 3.05) is 0 Å². The van der Waals surface area contributed by atoms with Crippen LogP contribution >= 0.6 is 0 Å². The molecule has 4 fully saturated rings. The standard InChI is InChI=1S/C21H34O/c1-4-21(22)14-11-18-16-9-8-15-7-5-6-12-19(15,2)17(16)10-13-20(18,21)3/h4,15-18,22H,1,5-14H2,2-3H3/t15?,16-,17+,18+,19+,20+,21-/m1/s1. The molecule has 0 aromatic rings. The monoisotopic (exact) mass is 302 g/mol. The number of hydrogen-bond donors (Lipinski definition) is 1. The van der Waals surface area contributed by atoms with Crippen molar-refractivity contribution in [3.05, 3.63) is 12.7 Å². The van der Waals surface area contributed by atoms with Crippen LogP contribution in [0.1, 0.15) is 78.1 Å². The Morgan fingerprint density at radius 2 is 1.68 bits per heavy atom. The summed E-state index contributed by atoms with van der Waals surface area (Å²) in [5, 5.41) is 11.1. The van der Waals surface area contributed by atoms with E-state index in [2.05, 4.69) is 20.4 Å². The van der Waals surface area contributed by atoms with E-state index in [4.69, 9.17) is 0 Å². The molecule has 7 atom stereocenters. The van der Waals surface area contributed by atoms with Gasteiger partial charge in [0.1, 0.15) is 0 Å². The van der Waals surface area contributed by atoms with E-state index in [0.29, 0.717) is 5.41 Å². The molecule has 1 nitrogen and oxygen atoms in total. The molecule has 0 spiro atoms. The predicted molar refractivity (Wildman–Crippen MR) is 91.5 cm³/mol. The Morgan fingerprint density at radius 3 is 2.45 bits per heavy atom. The van der Waals surface area contributed by atoms with Crippen LogP contribution in [-0.2, 0) is 0 Å². The Bertz CT molecular complexity index is 471. The second kappa shape index (κ2) is 4.85. The summed E-state index contributed by atoms with van der Waals surface area (Å²) in [5.74, 6) is 3.52. The predicted octanol–water partition coefficient (Wildman–Crippen LogP) is 5.34. The summed E-state index contributed by atoms with van der Waals surface area (Å²) in [5.41, 5.74) is 0.0954. The van der Waals surface area contributed by atoms with Crippen molar-refractivity contribution in [1.29, 1.82) is 0 Å². The van der Waals surface area contributed by atoms with Crippen molar-refractivity contribution in [3.63, 3.8) is 0 Å². The fourth-order valence-corrected chi connectivity index (χ4v) is 7.68. The minimum Gasteiger partial charge on any atom is -0.385 e. The van der Waals surface area contributed by atoms with Gasteiger partial charge in [-0.3, -0.25) is 0 Å². The molecule has 1 N–H and O–H groups in total. The molecule has 0 heterocycles. The smallest absolute Gasteiger partial charge is 0.0881 e. The molecule has 22 heavy (non-hydrogen) atoms. The van der Waals surface area contributed by atoms with Crippen molar-refractivity contribution in [1.82, 2.24) is 0 Å². The number of hydrogen-bond acceptors (Lipinski definition) is 1. The van der Waals surface area contributed by atoms with Gasteiger partial charge in [-0.15, -0.1) is 6.58 Å². The van der Waals surface area contributed by atoms with Gasteiger partial charge in [-0.05, 0) is 80.5 Å². The first kappa shape index (κ1) is 15.2. The third-order valence-corrected chi connectivity index (χ3v) is 9.14. The van der Waals surface area contributed by atoms with Crippen LogP contribution in [0.5, 0.6) is 0 Å². The molecular weight excluding hydrogens is 268 g/mol. The summed E-state index contributed by atoms with van der Waals surface area (Å²) in [6, 6.07) is 0. The molecule has 4 aliphatic rings. The molecule has 0 saturated heterocycles. The van der Waals surface area contributed by atoms with Crippen molar-refractivity contribution >= 4 is 0 Å². The highest BCUT2D eigenvalue weighted by Crippen LogP contribution is 2.68. The summed E-state index contributed by atoms with van der Waals surface area (Å²) in [7, 11) is 0. The van der Waals surface area contributed by atoms with Gasteiger partial charge in [0.05, 0.1) is 5.60 Å². The zero-order valence-corrected chi connectivity index (χ0v) is 14.6. The van der Waals surface area contributed by atoms with Crippen molar-refractivity contribution in [3.8, 4) is 0 Å². The zero-order valence-electron chi connectivity index (χ0n) is 14.6. The van der Waals surface area contributed by atoms with Gasteiger partial charge in [0.15, 0.2) is 0 Å². The average Bonchev–Trinajstić information content (AvgIpc) is 2.79. The van der Waals surface area contributed by atoms with E-state index in [9.17, 15) is 5.11 Å². The quantitative estimate of drug-likeness (QED) is 0.648. The van der Waals surface area contributed by atoms with Crippen LogP contribution in [0.3, 0.4) is 0 Å². The minimum absolute atomic E-state index is 0.0911. The van der Waals surface area contributed by atoms with E-state index in [1.54, 1.807) is 0 Å². The van der Waals surface area contributed by atoms with E-state index < -0.39 is 5.60 Å². The van der Waals surface area contributed by atoms with Crippen LogP contribution < -0.4 is 0 Å². The van der Waals surface area contributed by atoms with Crippen molar-refractivity contribution in [2.45, 2.75) is 83.7 Å². The molecule has 4 rings (SSSR count). The van der Waals surface area contributed by atoms with E-state index in [1.807, 2.05) is 6.08 Å². The van der Waals surface area contributed by atoms with Gasteiger partial charge in [-0.2, -0.15) is 0 Å². The summed E-state index contributed by atoms with van der Waals surface area (Å²) >= 11 is 0. The first-order valence-electron chi connectivity index (χ1n) is 9.81.